The largest absolute Gasteiger partial charge is 0.309 e. The number of nitrogens with zero attached hydrogens (tertiary/aromatic N) is 8. The highest BCUT2D eigenvalue weighted by Crippen LogP contribution is 2.63. The maximum Gasteiger partial charge on any atom is 0.291 e. The van der Waals surface area contributed by atoms with Crippen molar-refractivity contribution in [3.8, 4) is 21.9 Å². The summed E-state index contributed by atoms with van der Waals surface area (Å²) < 4.78 is 0. The van der Waals surface area contributed by atoms with Gasteiger partial charge in [-0.15, -0.1) is 22.7 Å². The van der Waals surface area contributed by atoms with Crippen LogP contribution in [0.3, 0.4) is 0 Å². The summed E-state index contributed by atoms with van der Waals surface area (Å²) in [6.07, 6.45) is 2.03. The minimum atomic E-state index is -0.510. The van der Waals surface area contributed by atoms with E-state index in [1.54, 1.807) is 25.2 Å². The van der Waals surface area contributed by atoms with Crippen LogP contribution in [0.5, 0.6) is 0 Å². The van der Waals surface area contributed by atoms with E-state index in [-0.39, 0.29) is 38.7 Å². The molecule has 0 saturated carbocycles. The summed E-state index contributed by atoms with van der Waals surface area (Å²) in [6, 6.07) is 5.81. The van der Waals surface area contributed by atoms with Crippen molar-refractivity contribution in [1.82, 2.24) is 9.80 Å². The van der Waals surface area contributed by atoms with Crippen molar-refractivity contribution in [2.45, 2.75) is 52.4 Å². The number of nitriles is 2. The minimum Gasteiger partial charge on any atom is -0.309 e. The maximum absolute atomic E-state index is 13.2. The molecular formula is C32H24N8O2S4. The average molecular weight is 681 g/mol. The predicted molar refractivity (Wildman–Crippen MR) is 184 cm³/mol. The second-order valence-electron chi connectivity index (χ2n) is 11.5. The molecule has 0 unspecified atom stereocenters. The number of allylic oxidation sites excluding steroid dienone is 3. The Bertz CT molecular complexity index is 2100. The van der Waals surface area contributed by atoms with Gasteiger partial charge in [0.25, 0.3) is 23.2 Å². The fraction of sp³-hybridized carbons (Fsp3) is 0.312. The normalized spacial score (nSPS) is 22.7. The topological polar surface area (TPSA) is 122 Å². The van der Waals surface area contributed by atoms with Crippen LogP contribution in [0.1, 0.15) is 63.1 Å². The molecule has 2 fully saturated rings. The van der Waals surface area contributed by atoms with Crippen LogP contribution in [0, 0.1) is 35.8 Å². The molecule has 4 aliphatic rings. The summed E-state index contributed by atoms with van der Waals surface area (Å²) in [4.78, 5) is 48.7. The van der Waals surface area contributed by atoms with Crippen LogP contribution in [0.2, 0.25) is 0 Å². The molecule has 4 heterocycles. The van der Waals surface area contributed by atoms with E-state index >= 15 is 0 Å². The van der Waals surface area contributed by atoms with Gasteiger partial charge in [-0.2, -0.15) is 0 Å². The number of carbonyl (C=O) groups excluding carboxylic acids is 2. The van der Waals surface area contributed by atoms with E-state index in [9.17, 15) is 20.1 Å². The molecule has 10 nitrogen and oxygen atoms in total. The van der Waals surface area contributed by atoms with Crippen molar-refractivity contribution >= 4 is 79.2 Å². The van der Waals surface area contributed by atoms with E-state index in [1.165, 1.54) is 32.3 Å². The third kappa shape index (κ3) is 4.40. The number of amides is 2. The molecule has 14 heteroatoms. The number of hydrogen-bond donors (Lipinski definition) is 0. The maximum atomic E-state index is 13.2. The van der Waals surface area contributed by atoms with Gasteiger partial charge >= 0.3 is 0 Å². The van der Waals surface area contributed by atoms with E-state index in [0.717, 1.165) is 49.4 Å². The molecule has 0 bridgehead atoms. The van der Waals surface area contributed by atoms with Gasteiger partial charge in [0.15, 0.2) is 10.1 Å². The number of aliphatic imine (C=N–C) groups is 2. The highest BCUT2D eigenvalue weighted by molar-refractivity contribution is 8.20. The molecule has 228 valence electrons. The average Bonchev–Trinajstić information content (AvgIpc) is 3.82. The van der Waals surface area contributed by atoms with Crippen LogP contribution >= 0.6 is 46.2 Å². The van der Waals surface area contributed by atoms with Gasteiger partial charge in [0.2, 0.25) is 0 Å². The van der Waals surface area contributed by atoms with Crippen LogP contribution in [0.4, 0.5) is 5.00 Å². The Morgan fingerprint density at radius 3 is 1.89 bits per heavy atom. The minimum absolute atomic E-state index is 0.120. The number of carbonyl (C=O) groups is 2. The molecule has 0 radical (unpaired) electrons. The lowest BCUT2D eigenvalue weighted by molar-refractivity contribution is -0.121. The molecule has 0 atom stereocenters. The number of thioether (sulfide) groups is 2. The van der Waals surface area contributed by atoms with Gasteiger partial charge in [-0.3, -0.25) is 9.59 Å². The van der Waals surface area contributed by atoms with Crippen molar-refractivity contribution in [1.29, 1.82) is 10.5 Å². The summed E-state index contributed by atoms with van der Waals surface area (Å²) in [6.45, 7) is 27.5. The van der Waals surface area contributed by atoms with E-state index in [2.05, 4.69) is 37.4 Å². The monoisotopic (exact) mass is 680 g/mol. The molecule has 2 aliphatic heterocycles. The number of thiophene rings is 2. The Morgan fingerprint density at radius 1 is 0.848 bits per heavy atom. The second-order valence-corrected chi connectivity index (χ2v) is 15.6. The number of rotatable bonds is 4. The zero-order valence-electron chi connectivity index (χ0n) is 25.6. The number of hydrogen-bond acceptors (Lipinski definition) is 10. The molecule has 2 aromatic rings. The molecule has 2 amide bonds. The molecule has 0 aromatic carbocycles. The standard InChI is InChI=1S/C32H24N8O2S4/c1-9-39-27(41)25(45-29(39)16(13-33)35-7)37-19-12-18-21(32(19,5)6)22-24(43-18)23-15(31(22,3)4)11-20(44-23)38-26-28(42)40(10-2)30(46-26)17(14-34)36-8/h11-12H,9-10H2,1-6H3/b29-16-,30-17+,37-25?,38-26?. The second kappa shape index (κ2) is 11.1. The first-order valence-corrected chi connectivity index (χ1v) is 17.4. The molecule has 2 saturated heterocycles. The molecule has 2 aromatic heterocycles. The van der Waals surface area contributed by atoms with Crippen LogP contribution in [-0.2, 0) is 20.4 Å². The first-order valence-electron chi connectivity index (χ1n) is 14.1. The Balaban J connectivity index is 1.38. The fourth-order valence-electron chi connectivity index (χ4n) is 6.05. The van der Waals surface area contributed by atoms with E-state index < -0.39 is 5.41 Å². The zero-order chi connectivity index (χ0) is 33.3. The van der Waals surface area contributed by atoms with Gasteiger partial charge in [-0.1, -0.05) is 51.2 Å². The van der Waals surface area contributed by atoms with Gasteiger partial charge in [-0.25, -0.2) is 30.2 Å². The van der Waals surface area contributed by atoms with Gasteiger partial charge < -0.3 is 9.80 Å². The zero-order valence-corrected chi connectivity index (χ0v) is 28.9. The van der Waals surface area contributed by atoms with Crippen LogP contribution in [0.15, 0.2) is 43.2 Å². The van der Waals surface area contributed by atoms with Crippen molar-refractivity contribution in [3.05, 3.63) is 77.6 Å². The third-order valence-corrected chi connectivity index (χ3v) is 12.8. The van der Waals surface area contributed by atoms with Crippen molar-refractivity contribution in [2.24, 2.45) is 9.98 Å². The Hall–Kier alpha value is -4.44. The molecule has 0 spiro atoms. The lowest BCUT2D eigenvalue weighted by Crippen LogP contribution is -2.27. The van der Waals surface area contributed by atoms with Crippen molar-refractivity contribution < 1.29 is 9.59 Å². The van der Waals surface area contributed by atoms with E-state index in [0.29, 0.717) is 28.1 Å². The predicted octanol–water partition coefficient (Wildman–Crippen LogP) is 7.59. The molecule has 6 rings (SSSR count). The first kappa shape index (κ1) is 31.5. The van der Waals surface area contributed by atoms with Gasteiger partial charge in [0, 0.05) is 33.7 Å². The molecular weight excluding hydrogens is 657 g/mol. The van der Waals surface area contributed by atoms with E-state index in [1.807, 2.05) is 24.3 Å². The SMILES string of the molecule is [C-]#[N+]/C(C#N)=C1\SC(=NC2=Cc3sc4c(c3C2(C)C)C(C)(C)c2cc(N=C3S/C(=C(\C#N)[N+]#[C-])N(CC)C3=O)sc2-4)C(=O)N1CC. The summed E-state index contributed by atoms with van der Waals surface area (Å²) in [5.74, 6) is -0.626. The van der Waals surface area contributed by atoms with Crippen LogP contribution in [-0.4, -0.2) is 44.8 Å². The lowest BCUT2D eigenvalue weighted by Gasteiger charge is -2.28. The van der Waals surface area contributed by atoms with E-state index in [4.69, 9.17) is 23.1 Å². The van der Waals surface area contributed by atoms with Crippen molar-refractivity contribution in [2.75, 3.05) is 13.1 Å². The highest BCUT2D eigenvalue weighted by atomic mass is 32.2. The fourth-order valence-corrected chi connectivity index (χ4v) is 11.1. The summed E-state index contributed by atoms with van der Waals surface area (Å²) >= 11 is 5.33. The summed E-state index contributed by atoms with van der Waals surface area (Å²) in [5, 5.41) is 20.6. The highest BCUT2D eigenvalue weighted by Gasteiger charge is 2.49. The third-order valence-electron chi connectivity index (χ3n) is 8.33. The molecule has 0 N–H and O–H groups in total. The summed E-state index contributed by atoms with van der Waals surface area (Å²) in [7, 11) is 0. The first-order chi connectivity index (χ1) is 21.9. The summed E-state index contributed by atoms with van der Waals surface area (Å²) in [5.41, 5.74) is 3.14. The quantitative estimate of drug-likeness (QED) is 0.242. The number of fused-ring (bicyclic) bond motifs is 5. The molecule has 2 aliphatic carbocycles. The van der Waals surface area contributed by atoms with Gasteiger partial charge in [0.1, 0.15) is 15.1 Å². The smallest absolute Gasteiger partial charge is 0.291 e. The molecule has 46 heavy (non-hydrogen) atoms. The van der Waals surface area contributed by atoms with Gasteiger partial charge in [-0.05, 0) is 42.7 Å². The Labute approximate surface area is 282 Å². The Morgan fingerprint density at radius 2 is 1.39 bits per heavy atom. The van der Waals surface area contributed by atoms with Gasteiger partial charge in [0.05, 0.1) is 35.9 Å². The Kier molecular flexibility index (Phi) is 7.62. The lowest BCUT2D eigenvalue weighted by atomic mass is 9.75. The van der Waals surface area contributed by atoms with Crippen molar-refractivity contribution in [3.63, 3.8) is 0 Å². The van der Waals surface area contributed by atoms with Crippen LogP contribution in [0.25, 0.3) is 25.5 Å². The van der Waals surface area contributed by atoms with Crippen LogP contribution < -0.4 is 0 Å².